The van der Waals surface area contributed by atoms with E-state index in [1.165, 1.54) is 0 Å². The molecule has 88 valence electrons. The first-order valence-corrected chi connectivity index (χ1v) is 5.19. The second-order valence-electron chi connectivity index (χ2n) is 3.55. The third kappa shape index (κ3) is 2.66. The molecule has 0 aliphatic rings. The Hall–Kier alpha value is -1.71. The molecule has 0 unspecified atom stereocenters. The van der Waals surface area contributed by atoms with Gasteiger partial charge in [-0.15, -0.1) is 0 Å². The second kappa shape index (κ2) is 5.39. The van der Waals surface area contributed by atoms with Crippen LogP contribution in [0.2, 0.25) is 0 Å². The molecule has 0 aliphatic carbocycles. The maximum atomic E-state index is 10.7. The summed E-state index contributed by atoms with van der Waals surface area (Å²) in [5, 5.41) is 8.80. The summed E-state index contributed by atoms with van der Waals surface area (Å²) >= 11 is 0. The first kappa shape index (κ1) is 12.4. The monoisotopic (exact) mass is 223 g/mol. The van der Waals surface area contributed by atoms with E-state index in [1.54, 1.807) is 13.2 Å². The van der Waals surface area contributed by atoms with E-state index in [-0.39, 0.29) is 6.42 Å². The van der Waals surface area contributed by atoms with Gasteiger partial charge >= 0.3 is 5.97 Å². The number of carboxylic acids is 1. The Bertz CT molecular complexity index is 377. The fourth-order valence-electron chi connectivity index (χ4n) is 1.58. The SMILES string of the molecule is CCN(C)c1cccc(CC(=O)O)c1OC. The molecular weight excluding hydrogens is 206 g/mol. The molecule has 0 saturated heterocycles. The van der Waals surface area contributed by atoms with E-state index >= 15 is 0 Å². The maximum absolute atomic E-state index is 10.7. The van der Waals surface area contributed by atoms with E-state index in [0.29, 0.717) is 11.3 Å². The summed E-state index contributed by atoms with van der Waals surface area (Å²) in [5.41, 5.74) is 1.62. The van der Waals surface area contributed by atoms with Gasteiger partial charge in [0.05, 0.1) is 19.2 Å². The molecule has 1 aromatic rings. The molecular formula is C12H17NO3. The number of benzene rings is 1. The molecule has 1 N–H and O–H groups in total. The summed E-state index contributed by atoms with van der Waals surface area (Å²) in [6.45, 7) is 2.87. The van der Waals surface area contributed by atoms with Crippen molar-refractivity contribution in [1.82, 2.24) is 0 Å². The van der Waals surface area contributed by atoms with E-state index in [1.807, 2.05) is 31.0 Å². The van der Waals surface area contributed by atoms with Crippen LogP contribution in [0, 0.1) is 0 Å². The number of carbonyl (C=O) groups is 1. The van der Waals surface area contributed by atoms with E-state index in [9.17, 15) is 4.79 Å². The largest absolute Gasteiger partial charge is 0.494 e. The van der Waals surface area contributed by atoms with Crippen LogP contribution in [-0.4, -0.2) is 31.8 Å². The Morgan fingerprint density at radius 2 is 2.19 bits per heavy atom. The normalized spacial score (nSPS) is 9.94. The van der Waals surface area contributed by atoms with E-state index in [2.05, 4.69) is 0 Å². The molecule has 0 aliphatic heterocycles. The van der Waals surface area contributed by atoms with Crippen molar-refractivity contribution in [3.63, 3.8) is 0 Å². The first-order chi connectivity index (χ1) is 7.60. The Kier molecular flexibility index (Phi) is 4.17. The zero-order chi connectivity index (χ0) is 12.1. The maximum Gasteiger partial charge on any atom is 0.307 e. The van der Waals surface area contributed by atoms with Gasteiger partial charge in [0.15, 0.2) is 0 Å². The highest BCUT2D eigenvalue weighted by atomic mass is 16.5. The lowest BCUT2D eigenvalue weighted by Gasteiger charge is -2.21. The van der Waals surface area contributed by atoms with Crippen LogP contribution in [0.1, 0.15) is 12.5 Å². The van der Waals surface area contributed by atoms with Gasteiger partial charge in [0.25, 0.3) is 0 Å². The molecule has 1 aromatic carbocycles. The number of hydrogen-bond donors (Lipinski definition) is 1. The highest BCUT2D eigenvalue weighted by Gasteiger charge is 2.13. The predicted octanol–water partition coefficient (Wildman–Crippen LogP) is 1.78. The number of para-hydroxylation sites is 1. The van der Waals surface area contributed by atoms with Crippen LogP contribution in [0.3, 0.4) is 0 Å². The average Bonchev–Trinajstić information content (AvgIpc) is 2.27. The minimum atomic E-state index is -0.852. The second-order valence-corrected chi connectivity index (χ2v) is 3.55. The Morgan fingerprint density at radius 1 is 1.50 bits per heavy atom. The first-order valence-electron chi connectivity index (χ1n) is 5.19. The summed E-state index contributed by atoms with van der Waals surface area (Å²) in [7, 11) is 3.51. The third-order valence-electron chi connectivity index (χ3n) is 2.51. The van der Waals surface area contributed by atoms with Crippen LogP contribution in [-0.2, 0) is 11.2 Å². The summed E-state index contributed by atoms with van der Waals surface area (Å²) in [5.74, 6) is -0.205. The molecule has 0 spiro atoms. The van der Waals surface area contributed by atoms with E-state index in [0.717, 1.165) is 12.2 Å². The zero-order valence-corrected chi connectivity index (χ0v) is 9.86. The van der Waals surface area contributed by atoms with Crippen LogP contribution in [0.25, 0.3) is 0 Å². The van der Waals surface area contributed by atoms with Crippen LogP contribution in [0.5, 0.6) is 5.75 Å². The highest BCUT2D eigenvalue weighted by Crippen LogP contribution is 2.31. The van der Waals surface area contributed by atoms with Crippen molar-refractivity contribution in [3.05, 3.63) is 23.8 Å². The average molecular weight is 223 g/mol. The van der Waals surface area contributed by atoms with Crippen LogP contribution in [0.15, 0.2) is 18.2 Å². The predicted molar refractivity (Wildman–Crippen MR) is 63.3 cm³/mol. The van der Waals surface area contributed by atoms with Gasteiger partial charge in [-0.3, -0.25) is 4.79 Å². The van der Waals surface area contributed by atoms with Crippen molar-refractivity contribution in [2.24, 2.45) is 0 Å². The van der Waals surface area contributed by atoms with Crippen molar-refractivity contribution in [2.75, 3.05) is 25.6 Å². The Morgan fingerprint density at radius 3 is 2.69 bits per heavy atom. The van der Waals surface area contributed by atoms with E-state index in [4.69, 9.17) is 9.84 Å². The summed E-state index contributed by atoms with van der Waals surface area (Å²) in [6.07, 6.45) is -0.0193. The fourth-order valence-corrected chi connectivity index (χ4v) is 1.58. The standard InChI is InChI=1S/C12H17NO3/c1-4-13(2)10-7-5-6-9(8-11(14)15)12(10)16-3/h5-7H,4,8H2,1-3H3,(H,14,15). The van der Waals surface area contributed by atoms with Crippen molar-refractivity contribution in [2.45, 2.75) is 13.3 Å². The van der Waals surface area contributed by atoms with Gasteiger partial charge in [-0.2, -0.15) is 0 Å². The lowest BCUT2D eigenvalue weighted by Crippen LogP contribution is -2.17. The number of methoxy groups -OCH3 is 1. The summed E-state index contributed by atoms with van der Waals surface area (Å²) in [4.78, 5) is 12.7. The number of rotatable bonds is 5. The zero-order valence-electron chi connectivity index (χ0n) is 9.86. The summed E-state index contributed by atoms with van der Waals surface area (Å²) < 4.78 is 5.30. The van der Waals surface area contributed by atoms with Gasteiger partial charge in [0.2, 0.25) is 0 Å². The lowest BCUT2D eigenvalue weighted by atomic mass is 10.1. The fraction of sp³-hybridized carbons (Fsp3) is 0.417. The third-order valence-corrected chi connectivity index (χ3v) is 2.51. The molecule has 0 fully saturated rings. The van der Waals surface area contributed by atoms with Crippen molar-refractivity contribution >= 4 is 11.7 Å². The number of anilines is 1. The van der Waals surface area contributed by atoms with Crippen molar-refractivity contribution < 1.29 is 14.6 Å². The number of hydrogen-bond acceptors (Lipinski definition) is 3. The lowest BCUT2D eigenvalue weighted by molar-refractivity contribution is -0.136. The van der Waals surface area contributed by atoms with Gasteiger partial charge in [0.1, 0.15) is 5.75 Å². The molecule has 0 aromatic heterocycles. The molecule has 0 saturated carbocycles. The highest BCUT2D eigenvalue weighted by molar-refractivity contribution is 5.74. The smallest absolute Gasteiger partial charge is 0.307 e. The number of ether oxygens (including phenoxy) is 1. The van der Waals surface area contributed by atoms with Gasteiger partial charge in [0, 0.05) is 19.2 Å². The molecule has 0 heterocycles. The Labute approximate surface area is 95.5 Å². The van der Waals surface area contributed by atoms with Gasteiger partial charge in [-0.1, -0.05) is 12.1 Å². The van der Waals surface area contributed by atoms with Crippen LogP contribution < -0.4 is 9.64 Å². The van der Waals surface area contributed by atoms with Gasteiger partial charge in [-0.05, 0) is 13.0 Å². The minimum absolute atomic E-state index is 0.0193. The summed E-state index contributed by atoms with van der Waals surface area (Å²) in [6, 6.07) is 5.55. The number of nitrogens with zero attached hydrogens (tertiary/aromatic N) is 1. The van der Waals surface area contributed by atoms with E-state index < -0.39 is 5.97 Å². The minimum Gasteiger partial charge on any atom is -0.494 e. The quantitative estimate of drug-likeness (QED) is 0.826. The number of aliphatic carboxylic acids is 1. The molecule has 1 rings (SSSR count). The van der Waals surface area contributed by atoms with Gasteiger partial charge < -0.3 is 14.7 Å². The molecule has 0 radical (unpaired) electrons. The topological polar surface area (TPSA) is 49.8 Å². The Balaban J connectivity index is 3.14. The molecule has 4 nitrogen and oxygen atoms in total. The van der Waals surface area contributed by atoms with Crippen molar-refractivity contribution in [3.8, 4) is 5.75 Å². The molecule has 0 bridgehead atoms. The molecule has 16 heavy (non-hydrogen) atoms. The van der Waals surface area contributed by atoms with Crippen LogP contribution in [0.4, 0.5) is 5.69 Å². The van der Waals surface area contributed by atoms with Crippen LogP contribution >= 0.6 is 0 Å². The van der Waals surface area contributed by atoms with Gasteiger partial charge in [-0.25, -0.2) is 0 Å². The molecule has 0 amide bonds. The van der Waals surface area contributed by atoms with Crippen molar-refractivity contribution in [1.29, 1.82) is 0 Å². The molecule has 0 atom stereocenters. The number of carboxylic acid groups (broad SMARTS) is 1. The molecule has 4 heteroatoms.